The van der Waals surface area contributed by atoms with Crippen molar-refractivity contribution in [1.29, 1.82) is 0 Å². The van der Waals surface area contributed by atoms with E-state index in [2.05, 4.69) is 10.2 Å². The molecule has 2 aromatic heterocycles. The molecule has 6 heteroatoms. The van der Waals surface area contributed by atoms with Crippen molar-refractivity contribution in [2.75, 3.05) is 7.05 Å². The van der Waals surface area contributed by atoms with E-state index in [9.17, 15) is 9.18 Å². The van der Waals surface area contributed by atoms with Gasteiger partial charge in [0.1, 0.15) is 5.82 Å². The SMILES string of the molecule is Cc1ccsc1CN(C)C(=O)c1cn[nH]c1-c1ccc(F)cc1. The van der Waals surface area contributed by atoms with Gasteiger partial charge in [0.15, 0.2) is 0 Å². The maximum absolute atomic E-state index is 13.1. The fourth-order valence-corrected chi connectivity index (χ4v) is 3.30. The molecule has 0 bridgehead atoms. The number of rotatable bonds is 4. The maximum Gasteiger partial charge on any atom is 0.257 e. The Morgan fingerprint density at radius 2 is 2.04 bits per heavy atom. The lowest BCUT2D eigenvalue weighted by atomic mass is 10.1. The largest absolute Gasteiger partial charge is 0.336 e. The van der Waals surface area contributed by atoms with Crippen LogP contribution in [0.15, 0.2) is 41.9 Å². The van der Waals surface area contributed by atoms with Crippen LogP contribution < -0.4 is 0 Å². The van der Waals surface area contributed by atoms with Gasteiger partial charge in [0.2, 0.25) is 0 Å². The van der Waals surface area contributed by atoms with Crippen LogP contribution in [0.1, 0.15) is 20.8 Å². The zero-order chi connectivity index (χ0) is 16.4. The lowest BCUT2D eigenvalue weighted by Gasteiger charge is -2.17. The molecule has 0 aliphatic carbocycles. The van der Waals surface area contributed by atoms with Crippen LogP contribution >= 0.6 is 11.3 Å². The molecule has 0 atom stereocenters. The van der Waals surface area contributed by atoms with Crippen molar-refractivity contribution < 1.29 is 9.18 Å². The van der Waals surface area contributed by atoms with Crippen molar-refractivity contribution in [2.45, 2.75) is 13.5 Å². The number of amides is 1. The number of aryl methyl sites for hydroxylation is 1. The molecular formula is C17H16FN3OS. The quantitative estimate of drug-likeness (QED) is 0.790. The molecule has 0 aliphatic heterocycles. The molecule has 3 rings (SSSR count). The highest BCUT2D eigenvalue weighted by atomic mass is 32.1. The van der Waals surface area contributed by atoms with E-state index in [0.717, 1.165) is 10.4 Å². The number of nitrogens with one attached hydrogen (secondary N) is 1. The number of carbonyl (C=O) groups is 1. The van der Waals surface area contributed by atoms with Crippen LogP contribution in [0.2, 0.25) is 0 Å². The molecule has 2 heterocycles. The highest BCUT2D eigenvalue weighted by Crippen LogP contribution is 2.24. The smallest absolute Gasteiger partial charge is 0.257 e. The molecule has 0 unspecified atom stereocenters. The lowest BCUT2D eigenvalue weighted by molar-refractivity contribution is 0.0787. The summed E-state index contributed by atoms with van der Waals surface area (Å²) in [7, 11) is 1.77. The summed E-state index contributed by atoms with van der Waals surface area (Å²) >= 11 is 1.64. The first kappa shape index (κ1) is 15.4. The second-order valence-corrected chi connectivity index (χ2v) is 6.35. The third-order valence-electron chi connectivity index (χ3n) is 3.70. The van der Waals surface area contributed by atoms with Crippen LogP contribution in [0.5, 0.6) is 0 Å². The Bertz CT molecular complexity index is 822. The van der Waals surface area contributed by atoms with Crippen LogP contribution in [0.4, 0.5) is 4.39 Å². The van der Waals surface area contributed by atoms with Gasteiger partial charge in [-0.05, 0) is 48.2 Å². The summed E-state index contributed by atoms with van der Waals surface area (Å²) in [5, 5.41) is 8.82. The number of H-pyrrole nitrogens is 1. The average Bonchev–Trinajstić information content (AvgIpc) is 3.17. The van der Waals surface area contributed by atoms with E-state index in [1.807, 2.05) is 18.4 Å². The first-order chi connectivity index (χ1) is 11.1. The second kappa shape index (κ2) is 6.34. The summed E-state index contributed by atoms with van der Waals surface area (Å²) in [6.45, 7) is 2.59. The number of aromatic amines is 1. The molecule has 1 N–H and O–H groups in total. The standard InChI is InChI=1S/C17H16FN3OS/c1-11-7-8-23-15(11)10-21(2)17(22)14-9-19-20-16(14)12-3-5-13(18)6-4-12/h3-9H,10H2,1-2H3,(H,19,20). The summed E-state index contributed by atoms with van der Waals surface area (Å²) in [5.41, 5.74) is 2.99. The Morgan fingerprint density at radius 3 is 2.70 bits per heavy atom. The van der Waals surface area contributed by atoms with Crippen LogP contribution in [0, 0.1) is 12.7 Å². The predicted molar refractivity (Wildman–Crippen MR) is 88.8 cm³/mol. The minimum Gasteiger partial charge on any atom is -0.336 e. The van der Waals surface area contributed by atoms with Gasteiger partial charge in [0, 0.05) is 17.5 Å². The fourth-order valence-electron chi connectivity index (χ4n) is 2.34. The van der Waals surface area contributed by atoms with Crippen LogP contribution in [0.3, 0.4) is 0 Å². The van der Waals surface area contributed by atoms with Gasteiger partial charge in [-0.1, -0.05) is 0 Å². The number of thiophene rings is 1. The van der Waals surface area contributed by atoms with Gasteiger partial charge >= 0.3 is 0 Å². The van der Waals surface area contributed by atoms with Gasteiger partial charge in [-0.3, -0.25) is 9.89 Å². The molecule has 0 aliphatic rings. The Kier molecular flexibility index (Phi) is 4.25. The zero-order valence-electron chi connectivity index (χ0n) is 12.8. The number of hydrogen-bond acceptors (Lipinski definition) is 3. The molecular weight excluding hydrogens is 313 g/mol. The number of halogens is 1. The molecule has 4 nitrogen and oxygen atoms in total. The van der Waals surface area contributed by atoms with E-state index in [4.69, 9.17) is 0 Å². The molecule has 0 saturated carbocycles. The average molecular weight is 329 g/mol. The first-order valence-electron chi connectivity index (χ1n) is 7.14. The summed E-state index contributed by atoms with van der Waals surface area (Å²) in [6.07, 6.45) is 1.51. The number of carbonyl (C=O) groups excluding carboxylic acids is 1. The van der Waals surface area contributed by atoms with E-state index in [1.165, 1.54) is 23.9 Å². The van der Waals surface area contributed by atoms with Crippen LogP contribution in [-0.4, -0.2) is 28.1 Å². The highest BCUT2D eigenvalue weighted by molar-refractivity contribution is 7.10. The summed E-state index contributed by atoms with van der Waals surface area (Å²) in [4.78, 5) is 15.5. The third-order valence-corrected chi connectivity index (χ3v) is 4.71. The molecule has 1 aromatic carbocycles. The van der Waals surface area contributed by atoms with Crippen LogP contribution in [-0.2, 0) is 6.54 Å². The van der Waals surface area contributed by atoms with Crippen molar-refractivity contribution in [1.82, 2.24) is 15.1 Å². The topological polar surface area (TPSA) is 49.0 Å². The molecule has 118 valence electrons. The van der Waals surface area contributed by atoms with Gasteiger partial charge in [-0.15, -0.1) is 11.3 Å². The molecule has 0 saturated heterocycles. The van der Waals surface area contributed by atoms with Crippen molar-refractivity contribution in [3.63, 3.8) is 0 Å². The molecule has 23 heavy (non-hydrogen) atoms. The number of aromatic nitrogens is 2. The molecule has 0 spiro atoms. The molecule has 0 fully saturated rings. The maximum atomic E-state index is 13.1. The van der Waals surface area contributed by atoms with E-state index >= 15 is 0 Å². The van der Waals surface area contributed by atoms with Crippen LogP contribution in [0.25, 0.3) is 11.3 Å². The molecule has 3 aromatic rings. The minimum atomic E-state index is -0.313. The van der Waals surface area contributed by atoms with Gasteiger partial charge < -0.3 is 4.90 Å². The second-order valence-electron chi connectivity index (χ2n) is 5.35. The normalized spacial score (nSPS) is 10.7. The van der Waals surface area contributed by atoms with Crippen molar-refractivity contribution >= 4 is 17.2 Å². The van der Waals surface area contributed by atoms with Crippen molar-refractivity contribution in [3.8, 4) is 11.3 Å². The fraction of sp³-hybridized carbons (Fsp3) is 0.176. The summed E-state index contributed by atoms with van der Waals surface area (Å²) < 4.78 is 13.1. The number of hydrogen-bond donors (Lipinski definition) is 1. The summed E-state index contributed by atoms with van der Waals surface area (Å²) in [5.74, 6) is -0.433. The Labute approximate surface area is 137 Å². The first-order valence-corrected chi connectivity index (χ1v) is 8.02. The summed E-state index contributed by atoms with van der Waals surface area (Å²) in [6, 6.07) is 8.03. The third kappa shape index (κ3) is 3.17. The van der Waals surface area contributed by atoms with Gasteiger partial charge in [0.05, 0.1) is 24.0 Å². The Balaban J connectivity index is 1.84. The molecule has 1 amide bonds. The number of nitrogens with zero attached hydrogens (tertiary/aromatic N) is 2. The van der Waals surface area contributed by atoms with E-state index in [0.29, 0.717) is 17.8 Å². The Hall–Kier alpha value is -2.47. The van der Waals surface area contributed by atoms with Crippen molar-refractivity contribution in [2.24, 2.45) is 0 Å². The van der Waals surface area contributed by atoms with Gasteiger partial charge in [-0.2, -0.15) is 5.10 Å². The predicted octanol–water partition coefficient (Wildman–Crippen LogP) is 3.86. The zero-order valence-corrected chi connectivity index (χ0v) is 13.7. The minimum absolute atomic E-state index is 0.120. The highest BCUT2D eigenvalue weighted by Gasteiger charge is 2.19. The monoisotopic (exact) mass is 329 g/mol. The van der Waals surface area contributed by atoms with E-state index < -0.39 is 0 Å². The number of benzene rings is 1. The van der Waals surface area contributed by atoms with E-state index in [1.54, 1.807) is 35.4 Å². The van der Waals surface area contributed by atoms with Gasteiger partial charge in [-0.25, -0.2) is 4.39 Å². The van der Waals surface area contributed by atoms with Gasteiger partial charge in [0.25, 0.3) is 5.91 Å². The Morgan fingerprint density at radius 1 is 1.30 bits per heavy atom. The lowest BCUT2D eigenvalue weighted by Crippen LogP contribution is -2.26. The van der Waals surface area contributed by atoms with Crippen molar-refractivity contribution in [3.05, 3.63) is 63.7 Å². The molecule has 0 radical (unpaired) electrons. The van der Waals surface area contributed by atoms with E-state index in [-0.39, 0.29) is 11.7 Å².